The van der Waals surface area contributed by atoms with E-state index in [0.29, 0.717) is 78.0 Å². The maximum Gasteiger partial charge on any atom is 0.253 e. The summed E-state index contributed by atoms with van der Waals surface area (Å²) in [6.07, 6.45) is 5.60. The number of amides is 11. The van der Waals surface area contributed by atoms with Crippen molar-refractivity contribution in [3.8, 4) is 0 Å². The highest BCUT2D eigenvalue weighted by Crippen LogP contribution is 2.25. The van der Waals surface area contributed by atoms with Crippen LogP contribution in [0.15, 0.2) is 181 Å². The maximum atomic E-state index is 13.9. The van der Waals surface area contributed by atoms with Crippen LogP contribution in [0.1, 0.15) is 259 Å². The van der Waals surface area contributed by atoms with Crippen LogP contribution in [-0.2, 0) is 50.1 Å². The average Bonchev–Trinajstić information content (AvgIpc) is 0.436. The molecule has 0 spiro atoms. The minimum absolute atomic E-state index is 0.0138. The van der Waals surface area contributed by atoms with Gasteiger partial charge >= 0.3 is 0 Å². The first-order valence-electron chi connectivity index (χ1n) is 48.5. The van der Waals surface area contributed by atoms with Crippen LogP contribution in [0.3, 0.4) is 0 Å². The first-order chi connectivity index (χ1) is 65.6. The van der Waals surface area contributed by atoms with Crippen molar-refractivity contribution in [2.45, 2.75) is 221 Å². The number of carbonyl (C=O) groups excluding carboxylic acids is 11. The third-order valence-corrected chi connectivity index (χ3v) is 24.1. The zero-order valence-electron chi connectivity index (χ0n) is 84.8. The van der Waals surface area contributed by atoms with E-state index in [9.17, 15) is 76.5 Å². The summed E-state index contributed by atoms with van der Waals surface area (Å²) >= 11 is 0. The van der Waals surface area contributed by atoms with E-state index in [0.717, 1.165) is 84.3 Å². The highest BCUT2D eigenvalue weighted by atomic mass is 32.2. The quantitative estimate of drug-likeness (QED) is 0.0160. The van der Waals surface area contributed by atoms with Gasteiger partial charge in [-0.05, 0) is 159 Å². The summed E-state index contributed by atoms with van der Waals surface area (Å²) in [7, 11) is 6.86. The van der Waals surface area contributed by atoms with Crippen LogP contribution in [0.4, 0.5) is 0 Å². The number of aliphatic hydroxyl groups excluding tert-OH is 3. The van der Waals surface area contributed by atoms with E-state index in [-0.39, 0.29) is 141 Å². The molecule has 6 atom stereocenters. The molecule has 7 aromatic carbocycles. The molecule has 0 aliphatic heterocycles. The molecule has 756 valence electrons. The topological polar surface area (TPSA) is 384 Å². The van der Waals surface area contributed by atoms with Gasteiger partial charge in [0.2, 0.25) is 27.7 Å². The Hall–Kier alpha value is -11.6. The molecular formula is C106H155N15O16S. The summed E-state index contributed by atoms with van der Waals surface area (Å²) in [5, 5.41) is 48.1. The number of rotatable bonds is 54. The number of aliphatic hydroxyl groups is 3. The molecular weight excluding hydrogens is 1770 g/mol. The van der Waals surface area contributed by atoms with Gasteiger partial charge in [-0.2, -0.15) is 0 Å². The summed E-state index contributed by atoms with van der Waals surface area (Å²) in [5.74, 6) is -3.32. The fourth-order valence-electron chi connectivity index (χ4n) is 15.4. The molecule has 0 radical (unpaired) electrons. The highest BCUT2D eigenvalue weighted by molar-refractivity contribution is 7.89. The zero-order chi connectivity index (χ0) is 102. The Kier molecular flexibility index (Phi) is 51.6. The monoisotopic (exact) mass is 1930 g/mol. The molecule has 0 bridgehead atoms. The maximum absolute atomic E-state index is 13.9. The Morgan fingerprint density at radius 3 is 0.891 bits per heavy atom. The molecule has 138 heavy (non-hydrogen) atoms. The standard InChI is InChI=1S/C36H55N5O5.C35H47N5O6S.C35H53N5O5/c1-8-11-19-41(38-33(43)20-26(4)5)25-32(42)31(21-27-15-13-12-14-16-27)37-34(44)28-22-29(35(45)39(6)7)24-30(23-28)36(46)40(17-9-2)18-10-3;1-6-18-40(19-7-2)35(44)29-22-28(23-30(24-29)47(45,46)38(3)4)34(43)36-31(20-26-14-10-8-11-15-26)32(41)25-39(5)37-33(42)21-27-16-12-9-13-17-27;1-8-16-39(17-9-2)35(45)29-22-27(21-28(23-29)34(44)38(6)7)33(43)36-30(20-26-14-12-11-13-15-26)31(41)24-40(18-10-3)37-32(42)19-25(4)5/h12-16,22-24,26,31-32,42H,8-11,17-21,25H2,1-7H3,(H,37,44)(H,38,43);8-17,22-24,31-32,41H,6-7,18-21,25H2,1-5H3,(H,36,43)(H,37,42);11-15,21-23,25,30-31,41H,8-10,16-20,24H2,1-7H3,(H,36,43)(H,37,42). The number of hydrazine groups is 3. The van der Waals surface area contributed by atoms with Gasteiger partial charge in [-0.25, -0.2) is 27.7 Å². The van der Waals surface area contributed by atoms with Gasteiger partial charge in [0.25, 0.3) is 47.3 Å². The molecule has 6 unspecified atom stereocenters. The van der Waals surface area contributed by atoms with E-state index in [1.165, 1.54) is 71.4 Å². The summed E-state index contributed by atoms with van der Waals surface area (Å²) in [6.45, 7) is 28.3. The highest BCUT2D eigenvalue weighted by Gasteiger charge is 2.33. The average molecular weight is 1930 g/mol. The van der Waals surface area contributed by atoms with Crippen LogP contribution in [0.25, 0.3) is 0 Å². The number of hydrogen-bond acceptors (Lipinski definition) is 19. The molecule has 0 fully saturated rings. The summed E-state index contributed by atoms with van der Waals surface area (Å²) in [6, 6.07) is 48.4. The lowest BCUT2D eigenvalue weighted by atomic mass is 9.99. The molecule has 9 N–H and O–H groups in total. The minimum atomic E-state index is -4.00. The van der Waals surface area contributed by atoms with Gasteiger partial charge in [0.15, 0.2) is 0 Å². The predicted octanol–water partition coefficient (Wildman–Crippen LogP) is 11.8. The van der Waals surface area contributed by atoms with Crippen molar-refractivity contribution in [1.82, 2.24) is 76.1 Å². The molecule has 32 heteroatoms. The second-order valence-electron chi connectivity index (χ2n) is 36.5. The van der Waals surface area contributed by atoms with Crippen molar-refractivity contribution < 1.29 is 76.5 Å². The molecule has 0 heterocycles. The molecule has 0 aliphatic carbocycles. The van der Waals surface area contributed by atoms with Gasteiger partial charge in [-0.3, -0.25) is 69.0 Å². The number of nitrogens with zero attached hydrogens (tertiary/aromatic N) is 9. The second kappa shape index (κ2) is 61.0. The van der Waals surface area contributed by atoms with Gasteiger partial charge < -0.3 is 55.8 Å². The van der Waals surface area contributed by atoms with E-state index in [2.05, 4.69) is 39.2 Å². The molecule has 7 rings (SSSR count). The van der Waals surface area contributed by atoms with Crippen LogP contribution in [-0.4, -0.2) is 290 Å². The van der Waals surface area contributed by atoms with Gasteiger partial charge in [0, 0.05) is 179 Å². The van der Waals surface area contributed by atoms with E-state index in [1.54, 1.807) is 72.1 Å². The number of likely N-dealkylation sites (N-methyl/N-ethyl adjacent to an activating group) is 1. The van der Waals surface area contributed by atoms with Crippen molar-refractivity contribution in [2.24, 2.45) is 11.8 Å². The van der Waals surface area contributed by atoms with Crippen molar-refractivity contribution in [2.75, 3.05) is 121 Å². The van der Waals surface area contributed by atoms with E-state index in [4.69, 9.17) is 0 Å². The number of sulfonamides is 1. The third kappa shape index (κ3) is 40.1. The van der Waals surface area contributed by atoms with Crippen LogP contribution >= 0.6 is 0 Å². The van der Waals surface area contributed by atoms with Crippen LogP contribution < -0.4 is 32.2 Å². The summed E-state index contributed by atoms with van der Waals surface area (Å²) < 4.78 is 27.4. The van der Waals surface area contributed by atoms with Gasteiger partial charge in [0.1, 0.15) is 0 Å². The number of unbranched alkanes of at least 4 members (excludes halogenated alkanes) is 1. The van der Waals surface area contributed by atoms with E-state index in [1.807, 2.05) is 197 Å². The first kappa shape index (κ1) is 117. The Morgan fingerprint density at radius 2 is 0.594 bits per heavy atom. The number of nitrogens with one attached hydrogen (secondary N) is 6. The molecule has 31 nitrogen and oxygen atoms in total. The van der Waals surface area contributed by atoms with Crippen molar-refractivity contribution >= 4 is 75.0 Å². The SMILES string of the molecule is CCCCN(CC(O)C(Cc1ccccc1)NC(=O)c1cc(C(=O)N(C)C)cc(C(=O)N(CCC)CCC)c1)NC(=O)CC(C)C.CCCN(CC(O)C(Cc1ccccc1)NC(=O)c1cc(C(=O)N(C)C)cc(C(=O)N(CCC)CCC)c1)NC(=O)CC(C)C.CCCN(CCC)C(=O)c1cc(C(=O)NC(Cc2ccccc2)C(O)CN(C)NC(=O)Cc2ccccc2)cc(S(=O)(=O)N(C)C)c1. The number of benzene rings is 7. The molecule has 0 aromatic heterocycles. The first-order valence-corrected chi connectivity index (χ1v) is 50.0. The predicted molar refractivity (Wildman–Crippen MR) is 542 cm³/mol. The molecule has 0 saturated carbocycles. The van der Waals surface area contributed by atoms with Gasteiger partial charge in [0.05, 0.1) is 47.8 Å². The largest absolute Gasteiger partial charge is 0.390 e. The second-order valence-corrected chi connectivity index (χ2v) is 38.7. The fourth-order valence-corrected chi connectivity index (χ4v) is 16.4. The summed E-state index contributed by atoms with van der Waals surface area (Å²) in [5.41, 5.74) is 13.5. The number of carbonyl (C=O) groups is 11. The van der Waals surface area contributed by atoms with Crippen molar-refractivity contribution in [3.05, 3.63) is 243 Å². The van der Waals surface area contributed by atoms with Gasteiger partial charge in [-0.1, -0.05) is 211 Å². The smallest absolute Gasteiger partial charge is 0.253 e. The normalized spacial score (nSPS) is 12.6. The lowest BCUT2D eigenvalue weighted by Gasteiger charge is -2.31. The Morgan fingerprint density at radius 1 is 0.319 bits per heavy atom. The lowest BCUT2D eigenvalue weighted by Crippen LogP contribution is -2.53. The molecule has 0 aliphatic rings. The third-order valence-electron chi connectivity index (χ3n) is 22.3. The summed E-state index contributed by atoms with van der Waals surface area (Å²) in [4.78, 5) is 154. The minimum Gasteiger partial charge on any atom is -0.390 e. The van der Waals surface area contributed by atoms with Gasteiger partial charge in [-0.15, -0.1) is 0 Å². The fraction of sp³-hybridized carbons (Fsp3) is 0.500. The molecule has 0 saturated heterocycles. The molecule has 7 aromatic rings. The van der Waals surface area contributed by atoms with E-state index < -0.39 is 64.2 Å². The number of hydrogen-bond donors (Lipinski definition) is 9. The van der Waals surface area contributed by atoms with Crippen molar-refractivity contribution in [3.63, 3.8) is 0 Å². The molecule has 11 amide bonds. The Labute approximate surface area is 819 Å². The lowest BCUT2D eigenvalue weighted by molar-refractivity contribution is -0.128. The zero-order valence-corrected chi connectivity index (χ0v) is 85.6. The van der Waals surface area contributed by atoms with Crippen LogP contribution in [0, 0.1) is 11.8 Å². The van der Waals surface area contributed by atoms with Crippen molar-refractivity contribution in [1.29, 1.82) is 0 Å². The van der Waals surface area contributed by atoms with Crippen LogP contribution in [0.5, 0.6) is 0 Å². The van der Waals surface area contributed by atoms with E-state index >= 15 is 0 Å². The Bertz CT molecular complexity index is 5070. The Balaban J connectivity index is 0.000000365. The van der Waals surface area contributed by atoms with Crippen LogP contribution in [0.2, 0.25) is 0 Å².